The normalized spacial score (nSPS) is 27.2. The highest BCUT2D eigenvalue weighted by Gasteiger charge is 2.70. The van der Waals surface area contributed by atoms with Crippen LogP contribution in [0.2, 0.25) is 10.0 Å². The first-order valence-electron chi connectivity index (χ1n) is 16.1. The molecular weight excluding hydrogens is 679 g/mol. The number of carbonyl (C=O) groups is 5. The minimum absolute atomic E-state index is 0.0692. The third kappa shape index (κ3) is 4.50. The Hall–Kier alpha value is -5.25. The molecular formula is C39H28Cl2N2O7. The second kappa shape index (κ2) is 11.7. The average Bonchev–Trinajstić information content (AvgIpc) is 3.49. The second-order valence-corrected chi connectivity index (χ2v) is 14.0. The number of aromatic hydroxyl groups is 1. The molecule has 11 heteroatoms. The van der Waals surface area contributed by atoms with Gasteiger partial charge in [0.25, 0.3) is 0 Å². The molecule has 2 saturated heterocycles. The van der Waals surface area contributed by atoms with E-state index in [0.717, 1.165) is 4.90 Å². The Morgan fingerprint density at radius 2 is 1.48 bits per heavy atom. The van der Waals surface area contributed by atoms with Gasteiger partial charge in [0.1, 0.15) is 5.75 Å². The number of nitrogens with zero attached hydrogens (tertiary/aromatic N) is 2. The Labute approximate surface area is 296 Å². The molecule has 6 atom stereocenters. The van der Waals surface area contributed by atoms with Crippen LogP contribution < -0.4 is 9.80 Å². The molecule has 1 saturated carbocycles. The van der Waals surface area contributed by atoms with Crippen molar-refractivity contribution in [2.24, 2.45) is 23.7 Å². The molecule has 4 aliphatic rings. The number of phenolic OH excluding ortho intramolecular Hbond substituents is 1. The number of imide groups is 2. The average molecular weight is 708 g/mol. The van der Waals surface area contributed by atoms with Crippen LogP contribution in [0.5, 0.6) is 5.75 Å². The van der Waals surface area contributed by atoms with Crippen molar-refractivity contribution in [3.05, 3.63) is 135 Å². The zero-order valence-electron chi connectivity index (χ0n) is 26.2. The van der Waals surface area contributed by atoms with Crippen LogP contribution in [-0.4, -0.2) is 39.8 Å². The van der Waals surface area contributed by atoms with Crippen LogP contribution in [0.15, 0.2) is 109 Å². The number of allylic oxidation sites excluding steroid dienone is 2. The standard InChI is InChI=1S/C39H28Cl2N2O7/c40-22-9-5-11-24(17-22)43-35(46)30-19-29-26(14-15-28-32(29)36(47)42(34(28)45)23-10-4-6-20(16-23)37(48)49)33(27-13-12-25(44)18-31(27)41)39(30,38(43)50)21-7-2-1-3-8-21/h1-14,16-18,28-30,32-33,44H,15,19H2,(H,48,49)/t28-,29+,30-,32-,33+,39+/m0/s1. The van der Waals surface area contributed by atoms with Crippen LogP contribution in [-0.2, 0) is 24.6 Å². The molecule has 0 bridgehead atoms. The van der Waals surface area contributed by atoms with E-state index in [4.69, 9.17) is 23.2 Å². The molecule has 250 valence electrons. The number of rotatable bonds is 5. The number of fused-ring (bicyclic) bond motifs is 4. The molecule has 2 N–H and O–H groups in total. The third-order valence-corrected chi connectivity index (χ3v) is 11.4. The Morgan fingerprint density at radius 1 is 0.760 bits per heavy atom. The number of phenols is 1. The summed E-state index contributed by atoms with van der Waals surface area (Å²) < 4.78 is 0. The van der Waals surface area contributed by atoms with Gasteiger partial charge in [-0.2, -0.15) is 0 Å². The van der Waals surface area contributed by atoms with Crippen molar-refractivity contribution < 1.29 is 34.2 Å². The van der Waals surface area contributed by atoms with Gasteiger partial charge in [-0.3, -0.25) is 24.1 Å². The fourth-order valence-electron chi connectivity index (χ4n) is 8.87. The van der Waals surface area contributed by atoms with Crippen LogP contribution in [0, 0.1) is 23.7 Å². The van der Waals surface area contributed by atoms with E-state index in [9.17, 15) is 29.4 Å². The summed E-state index contributed by atoms with van der Waals surface area (Å²) in [5, 5.41) is 20.5. The summed E-state index contributed by atoms with van der Waals surface area (Å²) in [6.07, 6.45) is 2.17. The number of hydrogen-bond donors (Lipinski definition) is 2. The number of carboxylic acid groups (broad SMARTS) is 1. The topological polar surface area (TPSA) is 132 Å². The predicted octanol–water partition coefficient (Wildman–Crippen LogP) is 6.76. The number of carboxylic acids is 1. The van der Waals surface area contributed by atoms with E-state index in [0.29, 0.717) is 27.4 Å². The van der Waals surface area contributed by atoms with Gasteiger partial charge in [-0.1, -0.05) is 83.4 Å². The monoisotopic (exact) mass is 706 g/mol. The molecule has 2 heterocycles. The van der Waals surface area contributed by atoms with Crippen molar-refractivity contribution in [2.75, 3.05) is 9.80 Å². The number of anilines is 2. The summed E-state index contributed by atoms with van der Waals surface area (Å²) in [6.45, 7) is 0. The molecule has 0 unspecified atom stereocenters. The summed E-state index contributed by atoms with van der Waals surface area (Å²) in [7, 11) is 0. The lowest BCUT2D eigenvalue weighted by Crippen LogP contribution is -2.53. The van der Waals surface area contributed by atoms with E-state index >= 15 is 4.79 Å². The van der Waals surface area contributed by atoms with Gasteiger partial charge in [0, 0.05) is 16.0 Å². The van der Waals surface area contributed by atoms with E-state index in [2.05, 4.69) is 0 Å². The lowest BCUT2D eigenvalue weighted by atomic mass is 9.49. The highest BCUT2D eigenvalue weighted by Crippen LogP contribution is 2.65. The fraction of sp³-hybridized carbons (Fsp3) is 0.205. The third-order valence-electron chi connectivity index (χ3n) is 10.8. The van der Waals surface area contributed by atoms with Crippen LogP contribution in [0.4, 0.5) is 11.4 Å². The van der Waals surface area contributed by atoms with Gasteiger partial charge in [0.2, 0.25) is 23.6 Å². The van der Waals surface area contributed by atoms with Crippen molar-refractivity contribution in [1.82, 2.24) is 0 Å². The first-order chi connectivity index (χ1) is 24.0. The van der Waals surface area contributed by atoms with E-state index in [-0.39, 0.29) is 34.9 Å². The Bertz CT molecular complexity index is 2190. The van der Waals surface area contributed by atoms with E-state index < -0.39 is 64.6 Å². The molecule has 4 aromatic carbocycles. The molecule has 9 nitrogen and oxygen atoms in total. The van der Waals surface area contributed by atoms with Gasteiger partial charge >= 0.3 is 5.97 Å². The summed E-state index contributed by atoms with van der Waals surface area (Å²) in [4.78, 5) is 72.5. The molecule has 2 aliphatic carbocycles. The van der Waals surface area contributed by atoms with Crippen LogP contribution >= 0.6 is 23.2 Å². The van der Waals surface area contributed by atoms with Crippen molar-refractivity contribution in [1.29, 1.82) is 0 Å². The molecule has 4 aromatic rings. The smallest absolute Gasteiger partial charge is 0.335 e. The van der Waals surface area contributed by atoms with Crippen molar-refractivity contribution >= 4 is 64.2 Å². The van der Waals surface area contributed by atoms with Gasteiger partial charge in [0.05, 0.1) is 40.1 Å². The molecule has 0 spiro atoms. The van der Waals surface area contributed by atoms with Crippen molar-refractivity contribution in [3.63, 3.8) is 0 Å². The Morgan fingerprint density at radius 3 is 2.18 bits per heavy atom. The number of halogens is 2. The minimum atomic E-state index is -1.52. The lowest BCUT2D eigenvalue weighted by Gasteiger charge is -2.51. The van der Waals surface area contributed by atoms with Crippen molar-refractivity contribution in [2.45, 2.75) is 24.2 Å². The largest absolute Gasteiger partial charge is 0.508 e. The number of carbonyl (C=O) groups excluding carboxylic acids is 4. The molecule has 50 heavy (non-hydrogen) atoms. The molecule has 3 fully saturated rings. The predicted molar refractivity (Wildman–Crippen MR) is 185 cm³/mol. The summed E-state index contributed by atoms with van der Waals surface area (Å²) in [5.41, 5.74) is 0.656. The van der Waals surface area contributed by atoms with Gasteiger partial charge in [-0.25, -0.2) is 9.69 Å². The number of aromatic carboxylic acids is 1. The van der Waals surface area contributed by atoms with Crippen LogP contribution in [0.25, 0.3) is 0 Å². The SMILES string of the molecule is O=C(O)c1cccc(N2C(=O)[C@H]3[C@H](CC=C4[C@H]3C[C@H]3C(=O)N(c5cccc(Cl)c5)C(=O)[C@@]3(c3ccccc3)[C@H]4c3ccc(O)cc3Cl)C2=O)c1. The Kier molecular flexibility index (Phi) is 7.47. The Balaban J connectivity index is 1.34. The zero-order valence-corrected chi connectivity index (χ0v) is 27.7. The van der Waals surface area contributed by atoms with Crippen LogP contribution in [0.3, 0.4) is 0 Å². The van der Waals surface area contributed by atoms with Gasteiger partial charge in [-0.05, 0) is 78.4 Å². The first kappa shape index (κ1) is 32.0. The number of hydrogen-bond acceptors (Lipinski definition) is 6. The summed E-state index contributed by atoms with van der Waals surface area (Å²) in [5.74, 6) is -7.32. The molecule has 0 radical (unpaired) electrons. The van der Waals surface area contributed by atoms with Crippen molar-refractivity contribution in [3.8, 4) is 5.75 Å². The van der Waals surface area contributed by atoms with E-state index in [1.54, 1.807) is 42.5 Å². The minimum Gasteiger partial charge on any atom is -0.508 e. The van der Waals surface area contributed by atoms with Gasteiger partial charge < -0.3 is 10.2 Å². The zero-order chi connectivity index (χ0) is 35.1. The molecule has 0 aromatic heterocycles. The lowest BCUT2D eigenvalue weighted by molar-refractivity contribution is -0.127. The quantitative estimate of drug-likeness (QED) is 0.173. The number of amides is 4. The highest BCUT2D eigenvalue weighted by molar-refractivity contribution is 6.33. The van der Waals surface area contributed by atoms with E-state index in [1.165, 1.54) is 41.3 Å². The maximum Gasteiger partial charge on any atom is 0.335 e. The summed E-state index contributed by atoms with van der Waals surface area (Å²) >= 11 is 13.3. The first-order valence-corrected chi connectivity index (χ1v) is 16.9. The van der Waals surface area contributed by atoms with Crippen LogP contribution in [0.1, 0.15) is 40.2 Å². The van der Waals surface area contributed by atoms with E-state index in [1.807, 2.05) is 24.3 Å². The molecule has 2 aliphatic heterocycles. The molecule has 8 rings (SSSR count). The van der Waals surface area contributed by atoms with Gasteiger partial charge in [0.15, 0.2) is 0 Å². The highest BCUT2D eigenvalue weighted by atomic mass is 35.5. The molecule has 4 amide bonds. The number of benzene rings is 4. The fourth-order valence-corrected chi connectivity index (χ4v) is 9.34. The maximum absolute atomic E-state index is 15.3. The maximum atomic E-state index is 15.3. The second-order valence-electron chi connectivity index (χ2n) is 13.2. The van der Waals surface area contributed by atoms with Gasteiger partial charge in [-0.15, -0.1) is 0 Å². The summed E-state index contributed by atoms with van der Waals surface area (Å²) in [6, 6.07) is 25.8.